The maximum atomic E-state index is 11.8. The summed E-state index contributed by atoms with van der Waals surface area (Å²) < 4.78 is 1.09. The highest BCUT2D eigenvalue weighted by Gasteiger charge is 2.12. The lowest BCUT2D eigenvalue weighted by Crippen LogP contribution is -2.39. The van der Waals surface area contributed by atoms with Crippen molar-refractivity contribution in [3.63, 3.8) is 0 Å². The first-order chi connectivity index (χ1) is 7.47. The topological polar surface area (TPSA) is 71.9 Å². The first-order valence-corrected chi connectivity index (χ1v) is 5.30. The number of aromatic nitrogens is 2. The highest BCUT2D eigenvalue weighted by molar-refractivity contribution is 5.93. The van der Waals surface area contributed by atoms with E-state index < -0.39 is 11.2 Å². The normalized spacial score (nSPS) is 12.4. The summed E-state index contributed by atoms with van der Waals surface area (Å²) in [5.41, 5.74) is -0.935. The number of carbonyl (C=O) groups is 1. The molecule has 0 aliphatic carbocycles. The van der Waals surface area contributed by atoms with Crippen molar-refractivity contribution in [2.45, 2.75) is 33.7 Å². The molecule has 0 spiro atoms. The fraction of sp³-hybridized carbons (Fsp3) is 0.545. The van der Waals surface area contributed by atoms with Crippen LogP contribution in [0.2, 0.25) is 0 Å². The zero-order chi connectivity index (χ0) is 12.3. The first kappa shape index (κ1) is 12.4. The smallest absolute Gasteiger partial charge is 0.313 e. The zero-order valence-electron chi connectivity index (χ0n) is 9.74. The van der Waals surface area contributed by atoms with Gasteiger partial charge in [-0.3, -0.25) is 14.2 Å². The van der Waals surface area contributed by atoms with Crippen molar-refractivity contribution in [3.05, 3.63) is 32.6 Å². The van der Waals surface area contributed by atoms with Gasteiger partial charge in [-0.25, -0.2) is 4.79 Å². The van der Waals surface area contributed by atoms with Gasteiger partial charge in [-0.15, -0.1) is 0 Å². The van der Waals surface area contributed by atoms with Crippen LogP contribution >= 0.6 is 0 Å². The molecule has 1 N–H and O–H groups in total. The molecule has 5 nitrogen and oxygen atoms in total. The summed E-state index contributed by atoms with van der Waals surface area (Å²) >= 11 is 0. The summed E-state index contributed by atoms with van der Waals surface area (Å²) in [5.74, 6) is -0.111. The van der Waals surface area contributed by atoms with Crippen LogP contribution in [0.25, 0.3) is 0 Å². The Morgan fingerprint density at radius 2 is 2.12 bits per heavy atom. The van der Waals surface area contributed by atoms with Crippen LogP contribution in [0.5, 0.6) is 0 Å². The van der Waals surface area contributed by atoms with E-state index in [0.29, 0.717) is 6.54 Å². The minimum atomic E-state index is -0.503. The lowest BCUT2D eigenvalue weighted by molar-refractivity contribution is 0.101. The number of Topliss-reactive ketones (excluding diaryl/α,β-unsaturated/α-hetero) is 1. The van der Waals surface area contributed by atoms with Crippen LogP contribution < -0.4 is 11.2 Å². The summed E-state index contributed by atoms with van der Waals surface area (Å²) in [4.78, 5) is 36.8. The van der Waals surface area contributed by atoms with Crippen LogP contribution in [-0.2, 0) is 6.54 Å². The molecule has 88 valence electrons. The van der Waals surface area contributed by atoms with Crippen LogP contribution in [0.4, 0.5) is 0 Å². The Balaban J connectivity index is 3.27. The lowest BCUT2D eigenvalue weighted by atomic mass is 10.1. The number of carbonyl (C=O) groups excluding carboxylic acids is 1. The van der Waals surface area contributed by atoms with Gasteiger partial charge in [0.05, 0.1) is 5.56 Å². The lowest BCUT2D eigenvalue weighted by Gasteiger charge is -2.10. The summed E-state index contributed by atoms with van der Waals surface area (Å²) in [5, 5.41) is 0. The molecule has 16 heavy (non-hydrogen) atoms. The highest BCUT2D eigenvalue weighted by Crippen LogP contribution is 2.01. The predicted octanol–water partition coefficient (Wildman–Crippen LogP) is 0.785. The Hall–Kier alpha value is -1.65. The number of nitrogens with one attached hydrogen (secondary N) is 1. The number of hydrogen-bond acceptors (Lipinski definition) is 3. The number of hydrogen-bond donors (Lipinski definition) is 1. The molecule has 1 aromatic heterocycles. The van der Waals surface area contributed by atoms with Crippen LogP contribution in [-0.4, -0.2) is 15.3 Å². The summed E-state index contributed by atoms with van der Waals surface area (Å²) in [6, 6.07) is 0. The molecular formula is C11H16N2O3. The molecule has 1 heterocycles. The van der Waals surface area contributed by atoms with Crippen LogP contribution in [0.3, 0.4) is 0 Å². The summed E-state index contributed by atoms with van der Waals surface area (Å²) in [7, 11) is 0. The molecule has 1 unspecified atom stereocenters. The molecule has 1 aromatic rings. The maximum Gasteiger partial charge on any atom is 0.328 e. The van der Waals surface area contributed by atoms with Crippen molar-refractivity contribution in [2.75, 3.05) is 0 Å². The first-order valence-electron chi connectivity index (χ1n) is 5.30. The van der Waals surface area contributed by atoms with Gasteiger partial charge in [0, 0.05) is 12.7 Å². The van der Waals surface area contributed by atoms with Crippen molar-refractivity contribution in [3.8, 4) is 0 Å². The van der Waals surface area contributed by atoms with E-state index in [0.717, 1.165) is 11.0 Å². The number of rotatable bonds is 4. The molecule has 1 rings (SSSR count). The molecule has 0 aliphatic rings. The average Bonchev–Trinajstić information content (AvgIpc) is 2.23. The minimum absolute atomic E-state index is 0.0305. The van der Waals surface area contributed by atoms with E-state index in [1.54, 1.807) is 0 Å². The molecule has 0 bridgehead atoms. The van der Waals surface area contributed by atoms with Crippen LogP contribution in [0.15, 0.2) is 15.8 Å². The minimum Gasteiger partial charge on any atom is -0.313 e. The van der Waals surface area contributed by atoms with Gasteiger partial charge in [-0.2, -0.15) is 0 Å². The second-order valence-electron chi connectivity index (χ2n) is 3.99. The third-order valence-corrected chi connectivity index (χ3v) is 2.63. The molecule has 0 aromatic carbocycles. The van der Waals surface area contributed by atoms with Gasteiger partial charge in [0.1, 0.15) is 0 Å². The van der Waals surface area contributed by atoms with Gasteiger partial charge in [-0.1, -0.05) is 20.3 Å². The van der Waals surface area contributed by atoms with Gasteiger partial charge in [0.25, 0.3) is 5.56 Å². The van der Waals surface area contributed by atoms with Crippen molar-refractivity contribution in [1.82, 2.24) is 9.55 Å². The quantitative estimate of drug-likeness (QED) is 0.768. The second kappa shape index (κ2) is 4.92. The maximum absolute atomic E-state index is 11.8. The Labute approximate surface area is 93.1 Å². The number of aromatic amines is 1. The van der Waals surface area contributed by atoms with E-state index in [-0.39, 0.29) is 17.3 Å². The zero-order valence-corrected chi connectivity index (χ0v) is 9.74. The number of H-pyrrole nitrogens is 1. The second-order valence-corrected chi connectivity index (χ2v) is 3.99. The van der Waals surface area contributed by atoms with Gasteiger partial charge in [0.15, 0.2) is 5.78 Å². The van der Waals surface area contributed by atoms with Gasteiger partial charge in [-0.05, 0) is 12.8 Å². The Morgan fingerprint density at radius 1 is 1.50 bits per heavy atom. The van der Waals surface area contributed by atoms with E-state index in [2.05, 4.69) is 4.98 Å². The fourth-order valence-corrected chi connectivity index (χ4v) is 1.37. The van der Waals surface area contributed by atoms with Gasteiger partial charge >= 0.3 is 5.69 Å². The van der Waals surface area contributed by atoms with Gasteiger partial charge < -0.3 is 4.98 Å². The molecule has 0 saturated carbocycles. The number of ketones is 1. The molecule has 5 heteroatoms. The van der Waals surface area contributed by atoms with E-state index in [1.807, 2.05) is 13.8 Å². The van der Waals surface area contributed by atoms with Crippen molar-refractivity contribution in [1.29, 1.82) is 0 Å². The van der Waals surface area contributed by atoms with Crippen molar-refractivity contribution < 1.29 is 4.79 Å². The Morgan fingerprint density at radius 3 is 2.62 bits per heavy atom. The monoisotopic (exact) mass is 224 g/mol. The molecule has 0 radical (unpaired) electrons. The largest absolute Gasteiger partial charge is 0.328 e. The van der Waals surface area contributed by atoms with Crippen LogP contribution in [0, 0.1) is 5.92 Å². The molecule has 0 saturated heterocycles. The van der Waals surface area contributed by atoms with Gasteiger partial charge in [0.2, 0.25) is 0 Å². The SMILES string of the molecule is CCC(C)Cn1c(=O)[nH]cc(C(C)=O)c1=O. The molecule has 0 amide bonds. The molecule has 1 atom stereocenters. The fourth-order valence-electron chi connectivity index (χ4n) is 1.37. The van der Waals surface area contributed by atoms with E-state index in [9.17, 15) is 14.4 Å². The van der Waals surface area contributed by atoms with E-state index in [4.69, 9.17) is 0 Å². The number of nitrogens with zero attached hydrogens (tertiary/aromatic N) is 1. The molecular weight excluding hydrogens is 208 g/mol. The van der Waals surface area contributed by atoms with Crippen molar-refractivity contribution >= 4 is 5.78 Å². The highest BCUT2D eigenvalue weighted by atomic mass is 16.2. The summed E-state index contributed by atoms with van der Waals surface area (Å²) in [6.45, 7) is 5.58. The standard InChI is InChI=1S/C11H16N2O3/c1-4-7(2)6-13-10(15)9(8(3)14)5-12-11(13)16/h5,7H,4,6H2,1-3H3,(H,12,16). The Bertz CT molecular complexity index is 499. The predicted molar refractivity (Wildman–Crippen MR) is 60.8 cm³/mol. The third-order valence-electron chi connectivity index (χ3n) is 2.63. The average molecular weight is 224 g/mol. The molecule has 0 aliphatic heterocycles. The van der Waals surface area contributed by atoms with E-state index >= 15 is 0 Å². The van der Waals surface area contributed by atoms with Crippen LogP contribution in [0.1, 0.15) is 37.6 Å². The third kappa shape index (κ3) is 2.48. The molecule has 0 fully saturated rings. The van der Waals surface area contributed by atoms with E-state index in [1.165, 1.54) is 13.1 Å². The van der Waals surface area contributed by atoms with Crippen molar-refractivity contribution in [2.24, 2.45) is 5.92 Å². The summed E-state index contributed by atoms with van der Waals surface area (Å²) in [6.07, 6.45) is 2.05. The Kier molecular flexibility index (Phi) is 3.82.